The highest BCUT2D eigenvalue weighted by Gasteiger charge is 2.40. The van der Waals surface area contributed by atoms with E-state index in [1.807, 2.05) is 79.9 Å². The van der Waals surface area contributed by atoms with Gasteiger partial charge in [-0.3, -0.25) is 9.56 Å². The lowest BCUT2D eigenvalue weighted by Crippen LogP contribution is -2.36. The van der Waals surface area contributed by atoms with Gasteiger partial charge in [0.2, 0.25) is 0 Å². The van der Waals surface area contributed by atoms with Crippen LogP contribution in [0.15, 0.2) is 94.8 Å². The molecular formula is C39H50N4O9. The summed E-state index contributed by atoms with van der Waals surface area (Å²) in [6.07, 6.45) is 4.48. The van der Waals surface area contributed by atoms with E-state index in [0.717, 1.165) is 65.4 Å². The molecule has 13 heteroatoms. The normalized spacial score (nSPS) is 16.6. The van der Waals surface area contributed by atoms with Crippen LogP contribution in [0.2, 0.25) is 0 Å². The van der Waals surface area contributed by atoms with Crippen molar-refractivity contribution in [2.45, 2.75) is 50.5 Å². The van der Waals surface area contributed by atoms with Gasteiger partial charge in [0.1, 0.15) is 41.8 Å². The quantitative estimate of drug-likeness (QED) is 0.121. The second-order valence-corrected chi connectivity index (χ2v) is 12.0. The number of aryl methyl sites for hydroxylation is 1. The van der Waals surface area contributed by atoms with Gasteiger partial charge in [-0.15, -0.1) is 0 Å². The molecule has 0 amide bonds. The number of aliphatic hydroxyl groups is 3. The van der Waals surface area contributed by atoms with Crippen molar-refractivity contribution in [1.29, 1.82) is 0 Å². The number of anilines is 1. The van der Waals surface area contributed by atoms with Crippen LogP contribution in [-0.4, -0.2) is 91.3 Å². The van der Waals surface area contributed by atoms with Gasteiger partial charge in [0.15, 0.2) is 0 Å². The molecule has 3 aromatic carbocycles. The summed E-state index contributed by atoms with van der Waals surface area (Å²) in [5.41, 5.74) is 2.47. The Kier molecular flexibility index (Phi) is 15.8. The van der Waals surface area contributed by atoms with Crippen molar-refractivity contribution in [2.75, 3.05) is 59.8 Å². The summed E-state index contributed by atoms with van der Waals surface area (Å²) in [5.74, 6) is 2.96. The molecule has 0 aliphatic carbocycles. The third-order valence-corrected chi connectivity index (χ3v) is 8.62. The van der Waals surface area contributed by atoms with Gasteiger partial charge >= 0.3 is 5.69 Å². The van der Waals surface area contributed by atoms with E-state index in [-0.39, 0.29) is 18.4 Å². The first-order valence-electron chi connectivity index (χ1n) is 17.2. The maximum atomic E-state index is 13.1. The lowest BCUT2D eigenvalue weighted by molar-refractivity contribution is -0.0773. The predicted molar refractivity (Wildman–Crippen MR) is 198 cm³/mol. The molecule has 1 aromatic heterocycles. The first kappa shape index (κ1) is 40.1. The monoisotopic (exact) mass is 718 g/mol. The number of nitrogens with zero attached hydrogens (tertiary/aromatic N) is 3. The number of hydrogen-bond donors (Lipinski definition) is 4. The summed E-state index contributed by atoms with van der Waals surface area (Å²) in [5, 5.41) is 25.4. The average molecular weight is 719 g/mol. The minimum atomic E-state index is -0.938. The molecule has 0 radical (unpaired) electrons. The number of hydrogen-bond acceptors (Lipinski definition) is 12. The summed E-state index contributed by atoms with van der Waals surface area (Å²) in [4.78, 5) is 21.8. The van der Waals surface area contributed by atoms with Crippen molar-refractivity contribution in [3.63, 3.8) is 0 Å². The summed E-state index contributed by atoms with van der Waals surface area (Å²) < 4.78 is 30.4. The molecule has 1 fully saturated rings. The van der Waals surface area contributed by atoms with Crippen LogP contribution < -0.4 is 20.5 Å². The van der Waals surface area contributed by atoms with Gasteiger partial charge in [0.25, 0.3) is 0 Å². The molecule has 2 unspecified atom stereocenters. The summed E-state index contributed by atoms with van der Waals surface area (Å²) >= 11 is 0. The first-order chi connectivity index (χ1) is 25.3. The molecule has 4 N–H and O–H groups in total. The maximum Gasteiger partial charge on any atom is 0.351 e. The Balaban J connectivity index is 0.000000688. The highest BCUT2D eigenvalue weighted by Crippen LogP contribution is 2.42. The number of rotatable bonds is 12. The fourth-order valence-electron chi connectivity index (χ4n) is 6.08. The molecule has 3 heterocycles. The Morgan fingerprint density at radius 3 is 1.98 bits per heavy atom. The molecule has 2 aliphatic rings. The van der Waals surface area contributed by atoms with Crippen molar-refractivity contribution >= 4 is 11.7 Å². The van der Waals surface area contributed by atoms with E-state index in [2.05, 4.69) is 32.2 Å². The number of nitrogens with one attached hydrogen (secondary N) is 1. The van der Waals surface area contributed by atoms with E-state index >= 15 is 0 Å². The molecule has 0 spiro atoms. The van der Waals surface area contributed by atoms with Crippen LogP contribution in [-0.2, 0) is 19.8 Å². The average Bonchev–Trinajstić information content (AvgIpc) is 3.88. The number of ether oxygens (including phenoxy) is 5. The Bertz CT molecular complexity index is 1680. The molecule has 6 rings (SSSR count). The van der Waals surface area contributed by atoms with Crippen LogP contribution in [0, 0.1) is 6.92 Å². The zero-order valence-corrected chi connectivity index (χ0v) is 30.2. The topological polar surface area (TPSA) is 166 Å². The van der Waals surface area contributed by atoms with Gasteiger partial charge in [0, 0.05) is 31.8 Å². The van der Waals surface area contributed by atoms with E-state index in [1.54, 1.807) is 25.9 Å². The molecule has 2 aliphatic heterocycles. The van der Waals surface area contributed by atoms with Gasteiger partial charge in [-0.25, -0.2) is 4.79 Å². The predicted octanol–water partition coefficient (Wildman–Crippen LogP) is 4.41. The van der Waals surface area contributed by atoms with E-state index in [9.17, 15) is 4.79 Å². The standard InChI is InChI=1S/C35H38N4O5.C3H8O2.CH4O2/c1-24-22-39(34(40)38-33(24)37-31-10-7-21-36-31)32-20-19-30(44-32)23-43-35(25-8-5-4-6-9-25,26-11-15-28(41-2)16-12-26)27-13-17-29(42-3)18-14-27;1-5-3-2-4;2-1-3/h4-6,8-9,11-18,22,30,32H,7,10,19-21,23H2,1-3H3,(H,36,37,38,40);4H,2-3H2,1H3;2-3H,1H2. The number of amidine groups is 1. The molecule has 1 saturated heterocycles. The zero-order chi connectivity index (χ0) is 37.3. The molecular weight excluding hydrogens is 668 g/mol. The number of aromatic nitrogens is 2. The second-order valence-electron chi connectivity index (χ2n) is 12.0. The van der Waals surface area contributed by atoms with Gasteiger partial charge < -0.3 is 44.3 Å². The largest absolute Gasteiger partial charge is 0.497 e. The molecule has 0 saturated carbocycles. The van der Waals surface area contributed by atoms with Crippen molar-refractivity contribution in [1.82, 2.24) is 9.55 Å². The highest BCUT2D eigenvalue weighted by atomic mass is 16.6. The number of aliphatic hydroxyl groups excluding tert-OH is 2. The first-order valence-corrected chi connectivity index (χ1v) is 17.2. The minimum absolute atomic E-state index is 0.122. The molecule has 280 valence electrons. The van der Waals surface area contributed by atoms with Gasteiger partial charge in [-0.2, -0.15) is 4.98 Å². The molecule has 13 nitrogen and oxygen atoms in total. The van der Waals surface area contributed by atoms with Gasteiger partial charge in [-0.1, -0.05) is 54.6 Å². The van der Waals surface area contributed by atoms with Crippen LogP contribution in [0.4, 0.5) is 5.82 Å². The second kappa shape index (κ2) is 20.4. The lowest BCUT2D eigenvalue weighted by Gasteiger charge is -2.37. The van der Waals surface area contributed by atoms with Crippen LogP contribution in [0.3, 0.4) is 0 Å². The SMILES string of the molecule is COCCO.COc1ccc(C(OCC2CCC(n3cc(C)c(NC4=NCCC4)nc3=O)O2)(c2ccccc2)c2ccc(OC)cc2)cc1.OCO. The van der Waals surface area contributed by atoms with Gasteiger partial charge in [-0.05, 0) is 67.1 Å². The maximum absolute atomic E-state index is 13.1. The number of benzene rings is 3. The van der Waals surface area contributed by atoms with E-state index in [0.29, 0.717) is 25.5 Å². The van der Waals surface area contributed by atoms with Gasteiger partial charge in [0.05, 0.1) is 40.1 Å². The van der Waals surface area contributed by atoms with Crippen LogP contribution >= 0.6 is 0 Å². The van der Waals surface area contributed by atoms with Crippen molar-refractivity contribution in [3.8, 4) is 11.5 Å². The fraction of sp³-hybridized carbons (Fsp3) is 0.410. The third-order valence-electron chi connectivity index (χ3n) is 8.62. The van der Waals surface area contributed by atoms with Crippen molar-refractivity contribution in [2.24, 2.45) is 4.99 Å². The van der Waals surface area contributed by atoms with Crippen LogP contribution in [0.1, 0.15) is 54.2 Å². The Labute approximate surface area is 304 Å². The summed E-state index contributed by atoms with van der Waals surface area (Å²) in [7, 11) is 4.87. The zero-order valence-electron chi connectivity index (χ0n) is 30.2. The third kappa shape index (κ3) is 10.2. The summed E-state index contributed by atoms with van der Waals surface area (Å²) in [6.45, 7) is 2.87. The lowest BCUT2D eigenvalue weighted by atomic mass is 9.80. The van der Waals surface area contributed by atoms with Crippen LogP contribution in [0.25, 0.3) is 0 Å². The minimum Gasteiger partial charge on any atom is -0.497 e. The van der Waals surface area contributed by atoms with Crippen LogP contribution in [0.5, 0.6) is 11.5 Å². The van der Waals surface area contributed by atoms with E-state index < -0.39 is 18.6 Å². The summed E-state index contributed by atoms with van der Waals surface area (Å²) in [6, 6.07) is 26.1. The molecule has 0 bridgehead atoms. The molecule has 4 aromatic rings. The van der Waals surface area contributed by atoms with Crippen molar-refractivity contribution in [3.05, 3.63) is 118 Å². The Hall–Kier alpha value is -4.63. The number of methoxy groups -OCH3 is 3. The Morgan fingerprint density at radius 1 is 0.885 bits per heavy atom. The van der Waals surface area contributed by atoms with E-state index in [4.69, 9.17) is 34.3 Å². The smallest absolute Gasteiger partial charge is 0.351 e. The van der Waals surface area contributed by atoms with Crippen molar-refractivity contribution < 1.29 is 39.0 Å². The Morgan fingerprint density at radius 2 is 1.48 bits per heavy atom. The highest BCUT2D eigenvalue weighted by molar-refractivity contribution is 5.96. The molecule has 2 atom stereocenters. The molecule has 52 heavy (non-hydrogen) atoms. The van der Waals surface area contributed by atoms with E-state index in [1.165, 1.54) is 0 Å². The fourth-order valence-corrected chi connectivity index (χ4v) is 6.08. The number of aliphatic imine (C=N–C) groups is 1.